The van der Waals surface area contributed by atoms with Crippen molar-refractivity contribution in [1.82, 2.24) is 10.2 Å². The third kappa shape index (κ3) is 3.74. The van der Waals surface area contributed by atoms with Gasteiger partial charge in [-0.1, -0.05) is 59.8 Å². The molecule has 1 fully saturated rings. The molecule has 0 bridgehead atoms. The number of benzene rings is 2. The first-order valence-electron chi connectivity index (χ1n) is 7.50. The molecule has 0 aliphatic carbocycles. The van der Waals surface area contributed by atoms with Crippen LogP contribution in [-0.4, -0.2) is 22.2 Å². The molecule has 23 heavy (non-hydrogen) atoms. The average molecular weight is 326 g/mol. The zero-order chi connectivity index (χ0) is 16.2. The van der Waals surface area contributed by atoms with E-state index in [1.807, 2.05) is 55.5 Å². The van der Waals surface area contributed by atoms with Crippen molar-refractivity contribution >= 4 is 23.7 Å². The van der Waals surface area contributed by atoms with Crippen molar-refractivity contribution in [3.05, 3.63) is 65.7 Å². The molecule has 1 unspecified atom stereocenters. The summed E-state index contributed by atoms with van der Waals surface area (Å²) >= 11 is 1.55. The first kappa shape index (κ1) is 15.6. The average Bonchev–Trinajstić information content (AvgIpc) is 2.53. The van der Waals surface area contributed by atoms with E-state index in [1.54, 1.807) is 11.8 Å². The van der Waals surface area contributed by atoms with Crippen LogP contribution in [0, 0.1) is 6.92 Å². The molecule has 0 radical (unpaired) electrons. The van der Waals surface area contributed by atoms with Crippen LogP contribution >= 0.6 is 11.8 Å². The number of thioether (sulfide) groups is 1. The molecule has 3 rings (SSSR count). The maximum absolute atomic E-state index is 12.3. The maximum atomic E-state index is 12.3. The zero-order valence-corrected chi connectivity index (χ0v) is 13.7. The Morgan fingerprint density at radius 2 is 2.00 bits per heavy atom. The van der Waals surface area contributed by atoms with Crippen LogP contribution in [0.15, 0.2) is 59.5 Å². The number of carbonyl (C=O) groups is 2. The van der Waals surface area contributed by atoms with Gasteiger partial charge in [-0.25, -0.2) is 4.79 Å². The maximum Gasteiger partial charge on any atom is 0.325 e. The SMILES string of the molecule is Cc1cccc(SC2CC(=O)N2C(=O)NCc2ccccc2)c1. The van der Waals surface area contributed by atoms with E-state index in [0.29, 0.717) is 13.0 Å². The predicted octanol–water partition coefficient (Wildman–Crippen LogP) is 3.56. The first-order chi connectivity index (χ1) is 11.1. The van der Waals surface area contributed by atoms with E-state index in [4.69, 9.17) is 0 Å². The van der Waals surface area contributed by atoms with Crippen molar-refractivity contribution in [3.63, 3.8) is 0 Å². The van der Waals surface area contributed by atoms with Crippen LogP contribution < -0.4 is 5.32 Å². The number of β-lactam (4-membered cyclic amide) rings is 1. The van der Waals surface area contributed by atoms with Crippen LogP contribution in [0.25, 0.3) is 0 Å². The van der Waals surface area contributed by atoms with Gasteiger partial charge in [0, 0.05) is 11.4 Å². The number of nitrogens with one attached hydrogen (secondary N) is 1. The van der Waals surface area contributed by atoms with Gasteiger partial charge in [0.1, 0.15) is 5.37 Å². The quantitative estimate of drug-likeness (QED) is 0.874. The summed E-state index contributed by atoms with van der Waals surface area (Å²) in [7, 11) is 0. The number of hydrogen-bond acceptors (Lipinski definition) is 3. The van der Waals surface area contributed by atoms with Gasteiger partial charge in [0.25, 0.3) is 0 Å². The highest BCUT2D eigenvalue weighted by molar-refractivity contribution is 8.00. The number of likely N-dealkylation sites (tertiary alicyclic amines) is 1. The fraction of sp³-hybridized carbons (Fsp3) is 0.222. The summed E-state index contributed by atoms with van der Waals surface area (Å²) in [5.74, 6) is -0.124. The number of urea groups is 1. The summed E-state index contributed by atoms with van der Waals surface area (Å²) in [5.41, 5.74) is 2.18. The summed E-state index contributed by atoms with van der Waals surface area (Å²) in [6, 6.07) is 17.4. The fourth-order valence-electron chi connectivity index (χ4n) is 2.43. The summed E-state index contributed by atoms with van der Waals surface area (Å²) in [6.45, 7) is 2.45. The molecular weight excluding hydrogens is 308 g/mol. The molecule has 0 aromatic heterocycles. The molecule has 4 nitrogen and oxygen atoms in total. The molecule has 2 aromatic rings. The van der Waals surface area contributed by atoms with Gasteiger partial charge < -0.3 is 5.32 Å². The van der Waals surface area contributed by atoms with E-state index in [0.717, 1.165) is 10.5 Å². The largest absolute Gasteiger partial charge is 0.334 e. The van der Waals surface area contributed by atoms with Gasteiger partial charge in [-0.05, 0) is 24.6 Å². The molecule has 1 saturated heterocycles. The molecule has 3 amide bonds. The van der Waals surface area contributed by atoms with E-state index in [9.17, 15) is 9.59 Å². The Kier molecular flexibility index (Phi) is 4.67. The van der Waals surface area contributed by atoms with Crippen LogP contribution in [-0.2, 0) is 11.3 Å². The van der Waals surface area contributed by atoms with Gasteiger partial charge in [0.05, 0.1) is 6.42 Å². The minimum Gasteiger partial charge on any atom is -0.334 e. The number of imide groups is 1. The number of hydrogen-bond donors (Lipinski definition) is 1. The van der Waals surface area contributed by atoms with Crippen LogP contribution in [0.5, 0.6) is 0 Å². The molecule has 0 saturated carbocycles. The topological polar surface area (TPSA) is 49.4 Å². The summed E-state index contributed by atoms with van der Waals surface area (Å²) < 4.78 is 0. The zero-order valence-electron chi connectivity index (χ0n) is 12.9. The molecule has 1 heterocycles. The Bertz CT molecular complexity index is 718. The second kappa shape index (κ2) is 6.87. The lowest BCUT2D eigenvalue weighted by Gasteiger charge is -2.37. The lowest BCUT2D eigenvalue weighted by Crippen LogP contribution is -2.57. The fourth-order valence-corrected chi connectivity index (χ4v) is 3.70. The van der Waals surface area contributed by atoms with E-state index in [-0.39, 0.29) is 17.3 Å². The van der Waals surface area contributed by atoms with Crippen molar-refractivity contribution in [3.8, 4) is 0 Å². The molecular formula is C18H18N2O2S. The Morgan fingerprint density at radius 1 is 1.22 bits per heavy atom. The van der Waals surface area contributed by atoms with Gasteiger partial charge >= 0.3 is 6.03 Å². The number of rotatable bonds is 4. The van der Waals surface area contributed by atoms with Crippen LogP contribution in [0.3, 0.4) is 0 Å². The predicted molar refractivity (Wildman–Crippen MR) is 91.0 cm³/mol. The summed E-state index contributed by atoms with van der Waals surface area (Å²) in [4.78, 5) is 26.4. The normalized spacial score (nSPS) is 16.8. The van der Waals surface area contributed by atoms with E-state index in [2.05, 4.69) is 11.4 Å². The van der Waals surface area contributed by atoms with Crippen molar-refractivity contribution in [1.29, 1.82) is 0 Å². The van der Waals surface area contributed by atoms with Gasteiger partial charge in [-0.2, -0.15) is 0 Å². The lowest BCUT2D eigenvalue weighted by atomic mass is 10.2. The van der Waals surface area contributed by atoms with Crippen LogP contribution in [0.4, 0.5) is 4.79 Å². The molecule has 1 N–H and O–H groups in total. The third-order valence-corrected chi connectivity index (χ3v) is 4.85. The van der Waals surface area contributed by atoms with Crippen LogP contribution in [0.2, 0.25) is 0 Å². The minimum atomic E-state index is -0.324. The van der Waals surface area contributed by atoms with Gasteiger partial charge in [0.2, 0.25) is 5.91 Å². The molecule has 5 heteroatoms. The number of aryl methyl sites for hydroxylation is 1. The second-order valence-electron chi connectivity index (χ2n) is 5.50. The van der Waals surface area contributed by atoms with Crippen molar-refractivity contribution in [2.24, 2.45) is 0 Å². The number of carbonyl (C=O) groups excluding carboxylic acids is 2. The highest BCUT2D eigenvalue weighted by atomic mass is 32.2. The van der Waals surface area contributed by atoms with E-state index >= 15 is 0 Å². The van der Waals surface area contributed by atoms with Gasteiger partial charge in [-0.3, -0.25) is 9.69 Å². The van der Waals surface area contributed by atoms with E-state index < -0.39 is 0 Å². The van der Waals surface area contributed by atoms with Crippen LogP contribution in [0.1, 0.15) is 17.5 Å². The van der Waals surface area contributed by atoms with Crippen molar-refractivity contribution in [2.45, 2.75) is 30.2 Å². The highest BCUT2D eigenvalue weighted by Gasteiger charge is 2.41. The molecule has 118 valence electrons. The molecule has 1 aliphatic heterocycles. The Morgan fingerprint density at radius 3 is 2.70 bits per heavy atom. The molecule has 1 aliphatic rings. The monoisotopic (exact) mass is 326 g/mol. The number of nitrogens with zero attached hydrogens (tertiary/aromatic N) is 1. The highest BCUT2D eigenvalue weighted by Crippen LogP contribution is 2.35. The third-order valence-electron chi connectivity index (χ3n) is 3.67. The standard InChI is InChI=1S/C18H18N2O2S/c1-13-6-5-9-15(10-13)23-17-11-16(21)20(17)18(22)19-12-14-7-3-2-4-8-14/h2-10,17H,11-12H2,1H3,(H,19,22). The molecule has 1 atom stereocenters. The first-order valence-corrected chi connectivity index (χ1v) is 8.38. The summed E-state index contributed by atoms with van der Waals surface area (Å²) in [6.07, 6.45) is 0.400. The second-order valence-corrected chi connectivity index (χ2v) is 6.75. The van der Waals surface area contributed by atoms with Gasteiger partial charge in [0.15, 0.2) is 0 Å². The van der Waals surface area contributed by atoms with Gasteiger partial charge in [-0.15, -0.1) is 0 Å². The molecule has 2 aromatic carbocycles. The van der Waals surface area contributed by atoms with Crippen molar-refractivity contribution in [2.75, 3.05) is 0 Å². The Balaban J connectivity index is 1.59. The Hall–Kier alpha value is -2.27. The smallest absolute Gasteiger partial charge is 0.325 e. The lowest BCUT2D eigenvalue weighted by molar-refractivity contribution is -0.137. The number of amides is 3. The summed E-state index contributed by atoms with van der Waals surface area (Å²) in [5, 5.41) is 2.69. The Labute approximate surface area is 139 Å². The van der Waals surface area contributed by atoms with E-state index in [1.165, 1.54) is 10.5 Å². The molecule has 0 spiro atoms. The minimum absolute atomic E-state index is 0.124. The van der Waals surface area contributed by atoms with Crippen molar-refractivity contribution < 1.29 is 9.59 Å².